The molecule has 0 saturated carbocycles. The Labute approximate surface area is 178 Å². The van der Waals surface area contributed by atoms with Crippen LogP contribution in [0.1, 0.15) is 48.4 Å². The fraction of sp³-hybridized carbons (Fsp3) is 0.455. The standard InChI is InChI=1S/C22H25F3INO/c1-15-11-21(28-14-17-6-8-19(26)9-7-17)18(12-20(15)22(23,24)25)13-27-10-4-3-5-16(27)2/h6-9,11-12,16H,3-5,10,13-14H2,1-2H3/t16-/m1/s1. The molecule has 0 amide bonds. The van der Waals surface area contributed by atoms with Crippen LogP contribution in [0.3, 0.4) is 0 Å². The van der Waals surface area contributed by atoms with Gasteiger partial charge in [-0.2, -0.15) is 13.2 Å². The summed E-state index contributed by atoms with van der Waals surface area (Å²) in [7, 11) is 0. The van der Waals surface area contributed by atoms with E-state index in [2.05, 4.69) is 34.4 Å². The van der Waals surface area contributed by atoms with E-state index in [4.69, 9.17) is 4.74 Å². The number of aryl methyl sites for hydroxylation is 1. The molecule has 0 spiro atoms. The third-order valence-corrected chi connectivity index (χ3v) is 6.05. The lowest BCUT2D eigenvalue weighted by Crippen LogP contribution is -2.36. The van der Waals surface area contributed by atoms with Gasteiger partial charge in [0.2, 0.25) is 0 Å². The maximum Gasteiger partial charge on any atom is 0.416 e. The highest BCUT2D eigenvalue weighted by Gasteiger charge is 2.34. The Kier molecular flexibility index (Phi) is 6.91. The molecular formula is C22H25F3INO. The van der Waals surface area contributed by atoms with E-state index in [-0.39, 0.29) is 5.56 Å². The maximum atomic E-state index is 13.4. The van der Waals surface area contributed by atoms with Crippen molar-refractivity contribution in [2.75, 3.05) is 6.54 Å². The van der Waals surface area contributed by atoms with E-state index in [1.807, 2.05) is 24.3 Å². The summed E-state index contributed by atoms with van der Waals surface area (Å²) in [5.74, 6) is 0.543. The second-order valence-electron chi connectivity index (χ2n) is 7.50. The van der Waals surface area contributed by atoms with Crippen LogP contribution < -0.4 is 4.74 Å². The molecule has 0 N–H and O–H groups in total. The van der Waals surface area contributed by atoms with Crippen molar-refractivity contribution < 1.29 is 17.9 Å². The van der Waals surface area contributed by atoms with Crippen LogP contribution in [0.15, 0.2) is 36.4 Å². The normalized spacial score (nSPS) is 18.3. The van der Waals surface area contributed by atoms with Crippen LogP contribution in [0.5, 0.6) is 5.75 Å². The monoisotopic (exact) mass is 503 g/mol. The molecule has 2 aromatic carbocycles. The zero-order valence-corrected chi connectivity index (χ0v) is 18.3. The molecule has 0 radical (unpaired) electrons. The van der Waals surface area contributed by atoms with Gasteiger partial charge in [-0.15, -0.1) is 0 Å². The molecule has 2 nitrogen and oxygen atoms in total. The molecule has 2 aromatic rings. The van der Waals surface area contributed by atoms with E-state index in [1.54, 1.807) is 6.07 Å². The highest BCUT2D eigenvalue weighted by atomic mass is 127. The van der Waals surface area contributed by atoms with Crippen LogP contribution in [-0.2, 0) is 19.3 Å². The van der Waals surface area contributed by atoms with E-state index in [1.165, 1.54) is 19.4 Å². The third kappa shape index (κ3) is 5.41. The fourth-order valence-electron chi connectivity index (χ4n) is 3.64. The second kappa shape index (κ2) is 9.03. The zero-order valence-electron chi connectivity index (χ0n) is 16.2. The quantitative estimate of drug-likeness (QED) is 0.428. The molecular weight excluding hydrogens is 478 g/mol. The number of halogens is 4. The molecule has 0 unspecified atom stereocenters. The second-order valence-corrected chi connectivity index (χ2v) is 8.75. The maximum absolute atomic E-state index is 13.4. The van der Waals surface area contributed by atoms with E-state index >= 15 is 0 Å². The van der Waals surface area contributed by atoms with Gasteiger partial charge in [0, 0.05) is 21.7 Å². The first-order valence-electron chi connectivity index (χ1n) is 9.56. The topological polar surface area (TPSA) is 12.5 Å². The van der Waals surface area contributed by atoms with Crippen LogP contribution in [0.2, 0.25) is 0 Å². The fourth-order valence-corrected chi connectivity index (χ4v) is 4.00. The minimum Gasteiger partial charge on any atom is -0.489 e. The number of rotatable bonds is 5. The summed E-state index contributed by atoms with van der Waals surface area (Å²) < 4.78 is 47.5. The van der Waals surface area contributed by atoms with Gasteiger partial charge in [0.15, 0.2) is 0 Å². The van der Waals surface area contributed by atoms with Gasteiger partial charge in [0.25, 0.3) is 0 Å². The largest absolute Gasteiger partial charge is 0.489 e. The van der Waals surface area contributed by atoms with Gasteiger partial charge in [-0.05, 0) is 91.2 Å². The minimum atomic E-state index is -4.36. The lowest BCUT2D eigenvalue weighted by atomic mass is 9.99. The van der Waals surface area contributed by atoms with E-state index in [0.29, 0.717) is 30.5 Å². The Balaban J connectivity index is 1.87. The summed E-state index contributed by atoms with van der Waals surface area (Å²) in [6.07, 6.45) is -1.02. The van der Waals surface area contributed by atoms with E-state index < -0.39 is 11.7 Å². The number of hydrogen-bond donors (Lipinski definition) is 0. The summed E-state index contributed by atoms with van der Waals surface area (Å²) in [5.41, 5.74) is 1.22. The Morgan fingerprint density at radius 3 is 2.50 bits per heavy atom. The highest BCUT2D eigenvalue weighted by molar-refractivity contribution is 14.1. The lowest BCUT2D eigenvalue weighted by Gasteiger charge is -2.34. The molecule has 1 heterocycles. The van der Waals surface area contributed by atoms with Gasteiger partial charge >= 0.3 is 6.18 Å². The average molecular weight is 503 g/mol. The van der Waals surface area contributed by atoms with Crippen LogP contribution in [-0.4, -0.2) is 17.5 Å². The first kappa shape index (κ1) is 21.4. The predicted octanol–water partition coefficient (Wildman–Crippen LogP) is 6.57. The van der Waals surface area contributed by atoms with Gasteiger partial charge in [-0.25, -0.2) is 0 Å². The average Bonchev–Trinajstić information content (AvgIpc) is 2.63. The number of hydrogen-bond acceptors (Lipinski definition) is 2. The summed E-state index contributed by atoms with van der Waals surface area (Å²) in [5, 5.41) is 0. The number of ether oxygens (including phenoxy) is 1. The van der Waals surface area contributed by atoms with Crippen molar-refractivity contribution in [3.8, 4) is 5.75 Å². The molecule has 1 aliphatic heterocycles. The lowest BCUT2D eigenvalue weighted by molar-refractivity contribution is -0.138. The predicted molar refractivity (Wildman–Crippen MR) is 113 cm³/mol. The van der Waals surface area contributed by atoms with Gasteiger partial charge in [-0.1, -0.05) is 18.6 Å². The number of nitrogens with zero attached hydrogens (tertiary/aromatic N) is 1. The Morgan fingerprint density at radius 1 is 1.14 bits per heavy atom. The smallest absolute Gasteiger partial charge is 0.416 e. The van der Waals surface area contributed by atoms with E-state index in [9.17, 15) is 13.2 Å². The van der Waals surface area contributed by atoms with Crippen molar-refractivity contribution in [2.24, 2.45) is 0 Å². The van der Waals surface area contributed by atoms with Crippen molar-refractivity contribution in [1.29, 1.82) is 0 Å². The van der Waals surface area contributed by atoms with Crippen LogP contribution in [0.4, 0.5) is 13.2 Å². The Morgan fingerprint density at radius 2 is 1.86 bits per heavy atom. The Bertz CT molecular complexity index is 805. The van der Waals surface area contributed by atoms with Crippen molar-refractivity contribution >= 4 is 22.6 Å². The van der Waals surface area contributed by atoms with Gasteiger partial charge < -0.3 is 4.74 Å². The molecule has 1 atom stereocenters. The SMILES string of the molecule is Cc1cc(OCc2ccc(I)cc2)c(CN2CCCC[C@H]2C)cc1C(F)(F)F. The number of piperidine rings is 1. The van der Waals surface area contributed by atoms with Crippen LogP contribution >= 0.6 is 22.6 Å². The number of alkyl halides is 3. The molecule has 152 valence electrons. The molecule has 0 aliphatic carbocycles. The molecule has 1 fully saturated rings. The molecule has 1 saturated heterocycles. The molecule has 3 rings (SSSR count). The minimum absolute atomic E-state index is 0.195. The summed E-state index contributed by atoms with van der Waals surface area (Å²) in [6, 6.07) is 11.1. The first-order chi connectivity index (χ1) is 13.2. The molecule has 28 heavy (non-hydrogen) atoms. The number of benzene rings is 2. The highest BCUT2D eigenvalue weighted by Crippen LogP contribution is 2.37. The molecule has 6 heteroatoms. The van der Waals surface area contributed by atoms with Crippen LogP contribution in [0.25, 0.3) is 0 Å². The van der Waals surface area contributed by atoms with Crippen molar-refractivity contribution in [3.63, 3.8) is 0 Å². The van der Waals surface area contributed by atoms with Gasteiger partial charge in [0.05, 0.1) is 5.56 Å². The summed E-state index contributed by atoms with van der Waals surface area (Å²) in [4.78, 5) is 2.26. The molecule has 0 bridgehead atoms. The molecule has 0 aromatic heterocycles. The molecule has 1 aliphatic rings. The Hall–Kier alpha value is -1.28. The van der Waals surface area contributed by atoms with Crippen molar-refractivity contribution in [3.05, 3.63) is 62.2 Å². The zero-order chi connectivity index (χ0) is 20.3. The van der Waals surface area contributed by atoms with Crippen molar-refractivity contribution in [2.45, 2.75) is 58.5 Å². The van der Waals surface area contributed by atoms with E-state index in [0.717, 1.165) is 28.5 Å². The van der Waals surface area contributed by atoms with Gasteiger partial charge in [-0.3, -0.25) is 4.90 Å². The first-order valence-corrected chi connectivity index (χ1v) is 10.6. The third-order valence-electron chi connectivity index (χ3n) is 5.33. The van der Waals surface area contributed by atoms with Crippen molar-refractivity contribution in [1.82, 2.24) is 4.90 Å². The number of likely N-dealkylation sites (tertiary alicyclic amines) is 1. The van der Waals surface area contributed by atoms with Gasteiger partial charge in [0.1, 0.15) is 12.4 Å². The summed E-state index contributed by atoms with van der Waals surface area (Å²) in [6.45, 7) is 5.36. The summed E-state index contributed by atoms with van der Waals surface area (Å²) >= 11 is 2.24. The van der Waals surface area contributed by atoms with Crippen LogP contribution in [0, 0.1) is 10.5 Å².